The lowest BCUT2D eigenvalue weighted by Crippen LogP contribution is -2.39. The highest BCUT2D eigenvalue weighted by Crippen LogP contribution is 2.25. The Bertz CT molecular complexity index is 713. The van der Waals surface area contributed by atoms with Gasteiger partial charge in [-0.15, -0.1) is 0 Å². The first-order valence-electron chi connectivity index (χ1n) is 7.28. The molecule has 0 fully saturated rings. The number of benzene rings is 2. The highest BCUT2D eigenvalue weighted by Gasteiger charge is 2.09. The summed E-state index contributed by atoms with van der Waals surface area (Å²) < 4.78 is 37.0. The maximum Gasteiger partial charge on any atom is 0.171 e. The van der Waals surface area contributed by atoms with Crippen molar-refractivity contribution in [3.8, 4) is 11.5 Å². The molecule has 24 heavy (non-hydrogen) atoms. The van der Waals surface area contributed by atoms with E-state index in [0.29, 0.717) is 23.8 Å². The van der Waals surface area contributed by atoms with Crippen molar-refractivity contribution in [3.05, 3.63) is 54.1 Å². The lowest BCUT2D eigenvalue weighted by Gasteiger charge is -2.18. The molecule has 0 aliphatic rings. The SMILES string of the molecule is COc1ccccc1OCC(C)NC(=S)Nc1ccc(F)c(F)c1. The van der Waals surface area contributed by atoms with Gasteiger partial charge in [-0.3, -0.25) is 0 Å². The third-order valence-electron chi connectivity index (χ3n) is 3.11. The fourth-order valence-corrected chi connectivity index (χ4v) is 2.28. The average molecular weight is 352 g/mol. The summed E-state index contributed by atoms with van der Waals surface area (Å²) in [5, 5.41) is 6.09. The van der Waals surface area contributed by atoms with Crippen molar-refractivity contribution in [1.29, 1.82) is 0 Å². The smallest absolute Gasteiger partial charge is 0.171 e. The van der Waals surface area contributed by atoms with Crippen molar-refractivity contribution in [2.75, 3.05) is 19.0 Å². The molecule has 7 heteroatoms. The maximum absolute atomic E-state index is 13.2. The minimum absolute atomic E-state index is 0.111. The van der Waals surface area contributed by atoms with Gasteiger partial charge in [0.15, 0.2) is 28.2 Å². The van der Waals surface area contributed by atoms with Gasteiger partial charge in [0.25, 0.3) is 0 Å². The van der Waals surface area contributed by atoms with Gasteiger partial charge in [0.2, 0.25) is 0 Å². The van der Waals surface area contributed by atoms with Gasteiger partial charge < -0.3 is 20.1 Å². The normalized spacial score (nSPS) is 11.5. The van der Waals surface area contributed by atoms with E-state index in [4.69, 9.17) is 21.7 Å². The summed E-state index contributed by atoms with van der Waals surface area (Å²) in [5.41, 5.74) is 0.365. The van der Waals surface area contributed by atoms with Gasteiger partial charge >= 0.3 is 0 Å². The third kappa shape index (κ3) is 5.06. The Morgan fingerprint density at radius 2 is 1.83 bits per heavy atom. The molecule has 0 heterocycles. The van der Waals surface area contributed by atoms with Gasteiger partial charge in [-0.05, 0) is 43.4 Å². The second kappa shape index (κ2) is 8.44. The van der Waals surface area contributed by atoms with Crippen LogP contribution < -0.4 is 20.1 Å². The predicted molar refractivity (Wildman–Crippen MR) is 93.7 cm³/mol. The molecule has 0 saturated heterocycles. The molecular formula is C17H18F2N2O2S. The monoisotopic (exact) mass is 352 g/mol. The Kier molecular flexibility index (Phi) is 6.31. The number of anilines is 1. The number of rotatable bonds is 6. The van der Waals surface area contributed by atoms with Crippen molar-refractivity contribution in [2.45, 2.75) is 13.0 Å². The topological polar surface area (TPSA) is 42.5 Å². The van der Waals surface area contributed by atoms with Gasteiger partial charge in [-0.25, -0.2) is 8.78 Å². The highest BCUT2D eigenvalue weighted by atomic mass is 32.1. The molecule has 0 saturated carbocycles. The molecule has 0 spiro atoms. The van der Waals surface area contributed by atoms with Crippen molar-refractivity contribution < 1.29 is 18.3 Å². The Morgan fingerprint density at radius 1 is 1.12 bits per heavy atom. The summed E-state index contributed by atoms with van der Waals surface area (Å²) in [6.07, 6.45) is 0. The van der Waals surface area contributed by atoms with E-state index < -0.39 is 11.6 Å². The Balaban J connectivity index is 1.84. The van der Waals surface area contributed by atoms with Gasteiger partial charge in [-0.2, -0.15) is 0 Å². The van der Waals surface area contributed by atoms with Crippen LogP contribution in [0.15, 0.2) is 42.5 Å². The van der Waals surface area contributed by atoms with Crippen LogP contribution in [-0.2, 0) is 0 Å². The van der Waals surface area contributed by atoms with Crippen LogP contribution in [0.1, 0.15) is 6.92 Å². The predicted octanol–water partition coefficient (Wildman–Crippen LogP) is 3.73. The summed E-state index contributed by atoms with van der Waals surface area (Å²) in [6.45, 7) is 2.23. The van der Waals surface area contributed by atoms with E-state index in [0.717, 1.165) is 12.1 Å². The summed E-state index contributed by atoms with van der Waals surface area (Å²) in [6, 6.07) is 10.7. The maximum atomic E-state index is 13.2. The van der Waals surface area contributed by atoms with E-state index in [2.05, 4.69) is 10.6 Å². The van der Waals surface area contributed by atoms with Crippen LogP contribution in [0.3, 0.4) is 0 Å². The highest BCUT2D eigenvalue weighted by molar-refractivity contribution is 7.80. The standard InChI is InChI=1S/C17H18F2N2O2S/c1-11(10-23-16-6-4-3-5-15(16)22-2)20-17(24)21-12-7-8-13(18)14(19)9-12/h3-9,11H,10H2,1-2H3,(H2,20,21,24). The molecule has 1 atom stereocenters. The zero-order valence-electron chi connectivity index (χ0n) is 13.3. The second-order valence-electron chi connectivity index (χ2n) is 5.09. The molecule has 2 rings (SSSR count). The first-order chi connectivity index (χ1) is 11.5. The molecule has 0 radical (unpaired) electrons. The van der Waals surface area contributed by atoms with Gasteiger partial charge in [0.05, 0.1) is 13.2 Å². The van der Waals surface area contributed by atoms with Crippen LogP contribution in [-0.4, -0.2) is 24.9 Å². The van der Waals surface area contributed by atoms with Gasteiger partial charge in [0.1, 0.15) is 6.61 Å². The zero-order chi connectivity index (χ0) is 17.5. The van der Waals surface area contributed by atoms with Crippen molar-refractivity contribution in [2.24, 2.45) is 0 Å². The number of halogens is 2. The summed E-state index contributed by atoms with van der Waals surface area (Å²) in [7, 11) is 1.57. The average Bonchev–Trinajstić information content (AvgIpc) is 2.56. The van der Waals surface area contributed by atoms with E-state index in [1.54, 1.807) is 7.11 Å². The second-order valence-corrected chi connectivity index (χ2v) is 5.50. The van der Waals surface area contributed by atoms with Crippen molar-refractivity contribution >= 4 is 23.0 Å². The van der Waals surface area contributed by atoms with Crippen LogP contribution in [0.2, 0.25) is 0 Å². The van der Waals surface area contributed by atoms with E-state index in [1.165, 1.54) is 6.07 Å². The van der Waals surface area contributed by atoms with Crippen LogP contribution in [0.4, 0.5) is 14.5 Å². The summed E-state index contributed by atoms with van der Waals surface area (Å²) in [4.78, 5) is 0. The van der Waals surface area contributed by atoms with Crippen LogP contribution in [0.5, 0.6) is 11.5 Å². The number of nitrogens with one attached hydrogen (secondary N) is 2. The molecule has 2 aromatic rings. The molecule has 0 bridgehead atoms. The zero-order valence-corrected chi connectivity index (χ0v) is 14.1. The molecule has 128 valence electrons. The number of ether oxygens (including phenoxy) is 2. The number of methoxy groups -OCH3 is 1. The van der Waals surface area contributed by atoms with Crippen LogP contribution in [0, 0.1) is 11.6 Å². The van der Waals surface area contributed by atoms with Crippen molar-refractivity contribution in [3.63, 3.8) is 0 Å². The Labute approximate surface area is 144 Å². The molecule has 1 unspecified atom stereocenters. The minimum Gasteiger partial charge on any atom is -0.493 e. The van der Waals surface area contributed by atoms with E-state index in [9.17, 15) is 8.78 Å². The first-order valence-corrected chi connectivity index (χ1v) is 7.69. The minimum atomic E-state index is -0.935. The molecule has 0 aliphatic heterocycles. The lowest BCUT2D eigenvalue weighted by atomic mass is 10.3. The van der Waals surface area contributed by atoms with Gasteiger partial charge in [0, 0.05) is 11.8 Å². The van der Waals surface area contributed by atoms with E-state index in [1.807, 2.05) is 31.2 Å². The van der Waals surface area contributed by atoms with Crippen molar-refractivity contribution in [1.82, 2.24) is 5.32 Å². The van der Waals surface area contributed by atoms with Crippen LogP contribution in [0.25, 0.3) is 0 Å². The lowest BCUT2D eigenvalue weighted by molar-refractivity contribution is 0.270. The fourth-order valence-electron chi connectivity index (χ4n) is 1.96. The van der Waals surface area contributed by atoms with Crippen LogP contribution >= 0.6 is 12.2 Å². The molecule has 2 N–H and O–H groups in total. The molecular weight excluding hydrogens is 334 g/mol. The quantitative estimate of drug-likeness (QED) is 0.776. The largest absolute Gasteiger partial charge is 0.493 e. The number of hydrogen-bond acceptors (Lipinski definition) is 3. The molecule has 2 aromatic carbocycles. The Hall–Kier alpha value is -2.41. The molecule has 0 aromatic heterocycles. The van der Waals surface area contributed by atoms with Gasteiger partial charge in [-0.1, -0.05) is 12.1 Å². The molecule has 0 aliphatic carbocycles. The summed E-state index contributed by atoms with van der Waals surface area (Å²) >= 11 is 5.15. The van der Waals surface area contributed by atoms with E-state index in [-0.39, 0.29) is 11.2 Å². The fraction of sp³-hybridized carbons (Fsp3) is 0.235. The van der Waals surface area contributed by atoms with E-state index >= 15 is 0 Å². The first kappa shape index (κ1) is 17.9. The molecule has 4 nitrogen and oxygen atoms in total. The third-order valence-corrected chi connectivity index (χ3v) is 3.33. The number of hydrogen-bond donors (Lipinski definition) is 2. The Morgan fingerprint density at radius 3 is 2.50 bits per heavy atom. The number of thiocarbonyl (C=S) groups is 1. The molecule has 0 amide bonds. The summed E-state index contributed by atoms with van der Waals surface area (Å²) in [5.74, 6) is -0.561. The number of para-hydroxylation sites is 2.